The Kier molecular flexibility index (Phi) is 2.37. The standard InChI is InChI=1S/C10H7IN2O/c11-7-2-4-8-6(5-7)1-3-9(13-8)10(12)14/h1-5H,(H2,12,14). The summed E-state index contributed by atoms with van der Waals surface area (Å²) in [6.07, 6.45) is 0. The van der Waals surface area contributed by atoms with Gasteiger partial charge in [-0.25, -0.2) is 4.98 Å². The molecule has 0 fully saturated rings. The van der Waals surface area contributed by atoms with E-state index in [9.17, 15) is 4.79 Å². The van der Waals surface area contributed by atoms with Crippen LogP contribution in [0.2, 0.25) is 0 Å². The molecule has 0 bridgehead atoms. The van der Waals surface area contributed by atoms with Crippen LogP contribution in [0.25, 0.3) is 10.9 Å². The maximum Gasteiger partial charge on any atom is 0.267 e. The van der Waals surface area contributed by atoms with Crippen molar-refractivity contribution in [3.05, 3.63) is 39.6 Å². The number of hydrogen-bond acceptors (Lipinski definition) is 2. The third kappa shape index (κ3) is 1.70. The van der Waals surface area contributed by atoms with Gasteiger partial charge < -0.3 is 5.73 Å². The molecular formula is C10H7IN2O. The van der Waals surface area contributed by atoms with E-state index in [-0.39, 0.29) is 0 Å². The van der Waals surface area contributed by atoms with Crippen LogP contribution in [-0.4, -0.2) is 10.9 Å². The number of benzene rings is 1. The SMILES string of the molecule is NC(=O)c1ccc2cc(I)ccc2n1. The summed E-state index contributed by atoms with van der Waals surface area (Å²) in [6, 6.07) is 9.32. The molecule has 1 heterocycles. The second-order valence-corrected chi connectivity index (χ2v) is 4.14. The molecule has 1 amide bonds. The van der Waals surface area contributed by atoms with E-state index in [0.717, 1.165) is 14.5 Å². The highest BCUT2D eigenvalue weighted by Gasteiger charge is 2.03. The quantitative estimate of drug-likeness (QED) is 0.818. The molecule has 2 aromatic rings. The minimum atomic E-state index is -0.495. The molecule has 70 valence electrons. The number of nitrogens with zero attached hydrogens (tertiary/aromatic N) is 1. The number of hydrogen-bond donors (Lipinski definition) is 1. The summed E-state index contributed by atoms with van der Waals surface area (Å²) in [4.78, 5) is 15.0. The predicted octanol–water partition coefficient (Wildman–Crippen LogP) is 1.94. The molecule has 1 aromatic carbocycles. The first-order chi connectivity index (χ1) is 6.66. The minimum absolute atomic E-state index is 0.304. The molecule has 0 aliphatic carbocycles. The van der Waals surface area contributed by atoms with Crippen molar-refractivity contribution < 1.29 is 4.79 Å². The summed E-state index contributed by atoms with van der Waals surface area (Å²) in [5, 5.41) is 1.02. The summed E-state index contributed by atoms with van der Waals surface area (Å²) in [5.41, 5.74) is 6.23. The van der Waals surface area contributed by atoms with Crippen LogP contribution in [0.3, 0.4) is 0 Å². The third-order valence-electron chi connectivity index (χ3n) is 1.90. The van der Waals surface area contributed by atoms with Crippen LogP contribution in [0, 0.1) is 3.57 Å². The number of carbonyl (C=O) groups is 1. The van der Waals surface area contributed by atoms with Gasteiger partial charge in [0.2, 0.25) is 0 Å². The fourth-order valence-corrected chi connectivity index (χ4v) is 1.75. The zero-order chi connectivity index (χ0) is 10.1. The molecule has 4 heteroatoms. The van der Waals surface area contributed by atoms with E-state index in [0.29, 0.717) is 5.69 Å². The number of aromatic nitrogens is 1. The van der Waals surface area contributed by atoms with Crippen LogP contribution in [-0.2, 0) is 0 Å². The van der Waals surface area contributed by atoms with Crippen LogP contribution >= 0.6 is 22.6 Å². The van der Waals surface area contributed by atoms with E-state index >= 15 is 0 Å². The molecule has 14 heavy (non-hydrogen) atoms. The molecular weight excluding hydrogens is 291 g/mol. The van der Waals surface area contributed by atoms with Gasteiger partial charge in [-0.3, -0.25) is 4.79 Å². The first-order valence-corrected chi connectivity index (χ1v) is 5.11. The highest BCUT2D eigenvalue weighted by Crippen LogP contribution is 2.15. The third-order valence-corrected chi connectivity index (χ3v) is 2.57. The number of carbonyl (C=O) groups excluding carboxylic acids is 1. The normalized spacial score (nSPS) is 10.4. The second-order valence-electron chi connectivity index (χ2n) is 2.90. The zero-order valence-corrected chi connectivity index (χ0v) is 9.36. The largest absolute Gasteiger partial charge is 0.364 e. The molecule has 0 aliphatic rings. The van der Waals surface area contributed by atoms with Crippen LogP contribution in [0.4, 0.5) is 0 Å². The van der Waals surface area contributed by atoms with Gasteiger partial charge in [0.25, 0.3) is 5.91 Å². The average molecular weight is 298 g/mol. The summed E-state index contributed by atoms with van der Waals surface area (Å²) < 4.78 is 1.14. The van der Waals surface area contributed by atoms with Crippen molar-refractivity contribution >= 4 is 39.4 Å². The van der Waals surface area contributed by atoms with E-state index < -0.39 is 5.91 Å². The van der Waals surface area contributed by atoms with Crippen molar-refractivity contribution in [2.45, 2.75) is 0 Å². The molecule has 0 radical (unpaired) electrons. The van der Waals surface area contributed by atoms with Crippen LogP contribution in [0.1, 0.15) is 10.5 Å². The molecule has 0 unspecified atom stereocenters. The number of halogens is 1. The maximum absolute atomic E-state index is 10.9. The van der Waals surface area contributed by atoms with Gasteiger partial charge in [0, 0.05) is 8.96 Å². The Morgan fingerprint density at radius 2 is 2.07 bits per heavy atom. The first-order valence-electron chi connectivity index (χ1n) is 4.03. The highest BCUT2D eigenvalue weighted by atomic mass is 127. The van der Waals surface area contributed by atoms with Gasteiger partial charge >= 0.3 is 0 Å². The Balaban J connectivity index is 2.67. The van der Waals surface area contributed by atoms with Gasteiger partial charge in [0.05, 0.1) is 5.52 Å². The van der Waals surface area contributed by atoms with E-state index in [2.05, 4.69) is 27.6 Å². The lowest BCUT2D eigenvalue weighted by Gasteiger charge is -1.99. The fourth-order valence-electron chi connectivity index (χ4n) is 1.23. The van der Waals surface area contributed by atoms with Crippen molar-refractivity contribution in [2.24, 2.45) is 5.73 Å². The number of amides is 1. The minimum Gasteiger partial charge on any atom is -0.364 e. The Hall–Kier alpha value is -1.17. The number of rotatable bonds is 1. The Labute approximate surface area is 94.5 Å². The van der Waals surface area contributed by atoms with E-state index in [4.69, 9.17) is 5.73 Å². The first kappa shape index (κ1) is 9.39. The highest BCUT2D eigenvalue weighted by molar-refractivity contribution is 14.1. The summed E-state index contributed by atoms with van der Waals surface area (Å²) >= 11 is 2.23. The van der Waals surface area contributed by atoms with Crippen LogP contribution in [0.15, 0.2) is 30.3 Å². The second kappa shape index (κ2) is 3.53. The number of fused-ring (bicyclic) bond motifs is 1. The fraction of sp³-hybridized carbons (Fsp3) is 0. The topological polar surface area (TPSA) is 56.0 Å². The maximum atomic E-state index is 10.9. The number of primary amides is 1. The summed E-state index contributed by atoms with van der Waals surface area (Å²) in [6.45, 7) is 0. The van der Waals surface area contributed by atoms with Crippen molar-refractivity contribution in [3.63, 3.8) is 0 Å². The lowest BCUT2D eigenvalue weighted by atomic mass is 10.2. The van der Waals surface area contributed by atoms with E-state index in [1.54, 1.807) is 6.07 Å². The lowest BCUT2D eigenvalue weighted by Crippen LogP contribution is -2.12. The van der Waals surface area contributed by atoms with Gasteiger partial charge in [-0.1, -0.05) is 6.07 Å². The Bertz CT molecular complexity index is 510. The number of nitrogens with two attached hydrogens (primary N) is 1. The summed E-state index contributed by atoms with van der Waals surface area (Å²) in [7, 11) is 0. The Morgan fingerprint density at radius 1 is 1.29 bits per heavy atom. The lowest BCUT2D eigenvalue weighted by molar-refractivity contribution is 0.0996. The van der Waals surface area contributed by atoms with Crippen LogP contribution < -0.4 is 5.73 Å². The molecule has 3 nitrogen and oxygen atoms in total. The smallest absolute Gasteiger partial charge is 0.267 e. The van der Waals surface area contributed by atoms with E-state index in [1.165, 1.54) is 0 Å². The van der Waals surface area contributed by atoms with Gasteiger partial charge in [-0.15, -0.1) is 0 Å². The van der Waals surface area contributed by atoms with Crippen molar-refractivity contribution in [1.29, 1.82) is 0 Å². The monoisotopic (exact) mass is 298 g/mol. The van der Waals surface area contributed by atoms with Crippen LogP contribution in [0.5, 0.6) is 0 Å². The van der Waals surface area contributed by atoms with Gasteiger partial charge in [0.15, 0.2) is 0 Å². The molecule has 2 N–H and O–H groups in total. The van der Waals surface area contributed by atoms with Crippen molar-refractivity contribution in [2.75, 3.05) is 0 Å². The van der Waals surface area contributed by atoms with Gasteiger partial charge in [-0.2, -0.15) is 0 Å². The zero-order valence-electron chi connectivity index (χ0n) is 7.20. The van der Waals surface area contributed by atoms with Crippen molar-refractivity contribution in [3.8, 4) is 0 Å². The van der Waals surface area contributed by atoms with Crippen molar-refractivity contribution in [1.82, 2.24) is 4.98 Å². The molecule has 0 saturated heterocycles. The molecule has 0 atom stereocenters. The molecule has 2 rings (SSSR count). The predicted molar refractivity (Wildman–Crippen MR) is 63.0 cm³/mol. The molecule has 1 aromatic heterocycles. The average Bonchev–Trinajstić information content (AvgIpc) is 2.16. The molecule has 0 spiro atoms. The number of pyridine rings is 1. The summed E-state index contributed by atoms with van der Waals surface area (Å²) in [5.74, 6) is -0.495. The van der Waals surface area contributed by atoms with Gasteiger partial charge in [0.1, 0.15) is 5.69 Å². The molecule has 0 saturated carbocycles. The molecule has 0 aliphatic heterocycles. The van der Waals surface area contributed by atoms with Gasteiger partial charge in [-0.05, 0) is 46.9 Å². The Morgan fingerprint density at radius 3 is 2.79 bits per heavy atom. The van der Waals surface area contributed by atoms with E-state index in [1.807, 2.05) is 24.3 Å².